The molecular weight excluding hydrogens is 316 g/mol. The molecule has 3 amide bonds. The Hall–Kier alpha value is -2.47. The van der Waals surface area contributed by atoms with Crippen molar-refractivity contribution >= 4 is 41.3 Å². The summed E-state index contributed by atoms with van der Waals surface area (Å²) in [6, 6.07) is 6.48. The molecule has 0 aliphatic carbocycles. The van der Waals surface area contributed by atoms with E-state index >= 15 is 0 Å². The smallest absolute Gasteiger partial charge is 0.269 e. The van der Waals surface area contributed by atoms with Crippen LogP contribution in [0.2, 0.25) is 5.02 Å². The van der Waals surface area contributed by atoms with Crippen LogP contribution in [0.15, 0.2) is 35.3 Å². The molecule has 0 N–H and O–H groups in total. The average molecular weight is 332 g/mol. The van der Waals surface area contributed by atoms with E-state index in [1.165, 1.54) is 11.9 Å². The highest BCUT2D eigenvalue weighted by atomic mass is 35.5. The SMILES string of the molecule is CN1C(=O)C2C(=NC(/C=C/c3cccc(Cl)c3)=[N+]2C)N(C)C1=O. The van der Waals surface area contributed by atoms with Crippen LogP contribution >= 0.6 is 11.6 Å². The van der Waals surface area contributed by atoms with E-state index in [4.69, 9.17) is 11.6 Å². The minimum absolute atomic E-state index is 0.277. The second-order valence-electron chi connectivity index (χ2n) is 5.47. The summed E-state index contributed by atoms with van der Waals surface area (Å²) >= 11 is 5.97. The number of hydrogen-bond donors (Lipinski definition) is 0. The van der Waals surface area contributed by atoms with Crippen molar-refractivity contribution in [1.82, 2.24) is 9.80 Å². The van der Waals surface area contributed by atoms with E-state index in [1.54, 1.807) is 24.7 Å². The monoisotopic (exact) mass is 331 g/mol. The molecule has 1 atom stereocenters. The molecular formula is C16H16ClN4O2+. The number of carbonyl (C=O) groups is 2. The van der Waals surface area contributed by atoms with Gasteiger partial charge in [-0.1, -0.05) is 23.7 Å². The van der Waals surface area contributed by atoms with Crippen molar-refractivity contribution in [3.63, 3.8) is 0 Å². The maximum Gasteiger partial charge on any atom is 0.333 e. The molecule has 1 aromatic rings. The molecule has 2 heterocycles. The summed E-state index contributed by atoms with van der Waals surface area (Å²) in [6.45, 7) is 0. The van der Waals surface area contributed by atoms with Gasteiger partial charge in [-0.15, -0.1) is 0 Å². The lowest BCUT2D eigenvalue weighted by atomic mass is 10.2. The van der Waals surface area contributed by atoms with Crippen molar-refractivity contribution in [3.05, 3.63) is 40.9 Å². The Bertz CT molecular complexity index is 797. The Morgan fingerprint density at radius 1 is 1.22 bits per heavy atom. The number of likely N-dealkylation sites (N-methyl/N-ethyl adjacent to an activating group) is 3. The number of amides is 3. The van der Waals surface area contributed by atoms with Crippen LogP contribution in [0.1, 0.15) is 5.56 Å². The lowest BCUT2D eigenvalue weighted by Crippen LogP contribution is -2.61. The number of fused-ring (bicyclic) bond motifs is 1. The van der Waals surface area contributed by atoms with Crippen LogP contribution in [0.25, 0.3) is 6.08 Å². The van der Waals surface area contributed by atoms with Crippen molar-refractivity contribution in [2.24, 2.45) is 4.99 Å². The molecule has 1 saturated heterocycles. The molecule has 23 heavy (non-hydrogen) atoms. The summed E-state index contributed by atoms with van der Waals surface area (Å²) in [6.07, 6.45) is 3.68. The van der Waals surface area contributed by atoms with Gasteiger partial charge in [0.15, 0.2) is 0 Å². The standard InChI is InChI=1S/C16H16ClN4O2/c1-19-12(8-7-10-5-4-6-11(17)9-10)18-14-13(19)15(22)21(3)16(23)20(14)2/h4-9,13H,1-3H3/q+1/b8-7+. The van der Waals surface area contributed by atoms with Crippen LogP contribution < -0.4 is 0 Å². The lowest BCUT2D eigenvalue weighted by Gasteiger charge is -2.29. The number of nitrogens with zero attached hydrogens (tertiary/aromatic N) is 4. The Morgan fingerprint density at radius 2 is 1.96 bits per heavy atom. The molecule has 0 saturated carbocycles. The fourth-order valence-electron chi connectivity index (χ4n) is 2.63. The average Bonchev–Trinajstić information content (AvgIpc) is 2.86. The first-order chi connectivity index (χ1) is 10.9. The van der Waals surface area contributed by atoms with E-state index < -0.39 is 6.04 Å². The number of halogens is 1. The van der Waals surface area contributed by atoms with E-state index in [0.29, 0.717) is 16.7 Å². The highest BCUT2D eigenvalue weighted by molar-refractivity contribution is 6.30. The number of urea groups is 1. The molecule has 1 unspecified atom stereocenters. The third-order valence-electron chi connectivity index (χ3n) is 3.98. The second-order valence-corrected chi connectivity index (χ2v) is 5.91. The third-order valence-corrected chi connectivity index (χ3v) is 4.21. The number of imide groups is 1. The zero-order valence-electron chi connectivity index (χ0n) is 13.0. The first-order valence-corrected chi connectivity index (χ1v) is 7.45. The Labute approximate surface area is 139 Å². The molecule has 0 aromatic heterocycles. The minimum Gasteiger partial charge on any atom is -0.269 e. The van der Waals surface area contributed by atoms with Crippen molar-refractivity contribution in [1.29, 1.82) is 0 Å². The van der Waals surface area contributed by atoms with E-state index in [2.05, 4.69) is 4.99 Å². The molecule has 118 valence electrons. The summed E-state index contributed by atoms with van der Waals surface area (Å²) in [4.78, 5) is 31.3. The maximum atomic E-state index is 12.3. The van der Waals surface area contributed by atoms with Crippen LogP contribution in [0.3, 0.4) is 0 Å². The zero-order chi connectivity index (χ0) is 16.7. The van der Waals surface area contributed by atoms with E-state index in [1.807, 2.05) is 30.4 Å². The second kappa shape index (κ2) is 5.62. The van der Waals surface area contributed by atoms with Gasteiger partial charge < -0.3 is 0 Å². The molecule has 1 fully saturated rings. The van der Waals surface area contributed by atoms with Gasteiger partial charge in [-0.05, 0) is 28.8 Å². The van der Waals surface area contributed by atoms with Gasteiger partial charge >= 0.3 is 11.9 Å². The molecule has 2 aliphatic heterocycles. The zero-order valence-corrected chi connectivity index (χ0v) is 13.8. The number of benzene rings is 1. The van der Waals surface area contributed by atoms with E-state index in [0.717, 1.165) is 10.5 Å². The van der Waals surface area contributed by atoms with Gasteiger partial charge in [0.1, 0.15) is 0 Å². The number of carbonyl (C=O) groups excluding carboxylic acids is 2. The van der Waals surface area contributed by atoms with Crippen LogP contribution in [0.5, 0.6) is 0 Å². The Morgan fingerprint density at radius 3 is 2.65 bits per heavy atom. The Balaban J connectivity index is 1.95. The number of amidine groups is 2. The van der Waals surface area contributed by atoms with Crippen LogP contribution in [0.4, 0.5) is 4.79 Å². The summed E-state index contributed by atoms with van der Waals surface area (Å²) in [5.74, 6) is 0.792. The highest BCUT2D eigenvalue weighted by Crippen LogP contribution is 2.19. The van der Waals surface area contributed by atoms with Gasteiger partial charge in [0.05, 0.1) is 7.05 Å². The molecule has 6 nitrogen and oxygen atoms in total. The normalized spacial score (nSPS) is 21.4. The number of aliphatic imine (C=N–C) groups is 1. The van der Waals surface area contributed by atoms with Crippen molar-refractivity contribution in [2.75, 3.05) is 21.1 Å². The van der Waals surface area contributed by atoms with Crippen molar-refractivity contribution in [3.8, 4) is 0 Å². The van der Waals surface area contributed by atoms with Gasteiger partial charge in [0.2, 0.25) is 0 Å². The highest BCUT2D eigenvalue weighted by Gasteiger charge is 2.51. The first kappa shape index (κ1) is 15.4. The summed E-state index contributed by atoms with van der Waals surface area (Å²) in [7, 11) is 4.88. The van der Waals surface area contributed by atoms with Crippen molar-refractivity contribution < 1.29 is 14.2 Å². The van der Waals surface area contributed by atoms with E-state index in [9.17, 15) is 9.59 Å². The predicted octanol–water partition coefficient (Wildman–Crippen LogP) is 1.70. The molecule has 3 rings (SSSR count). The lowest BCUT2D eigenvalue weighted by molar-refractivity contribution is -0.504. The van der Waals surface area contributed by atoms with Crippen molar-refractivity contribution in [2.45, 2.75) is 6.04 Å². The van der Waals surface area contributed by atoms with E-state index in [-0.39, 0.29) is 11.9 Å². The third kappa shape index (κ3) is 2.55. The van der Waals surface area contributed by atoms with Gasteiger partial charge in [-0.2, -0.15) is 0 Å². The summed E-state index contributed by atoms with van der Waals surface area (Å²) in [5.41, 5.74) is 0.932. The molecule has 2 aliphatic rings. The van der Waals surface area contributed by atoms with Crippen LogP contribution in [-0.2, 0) is 4.79 Å². The summed E-state index contributed by atoms with van der Waals surface area (Å²) in [5, 5.41) is 0.652. The maximum absolute atomic E-state index is 12.3. The number of rotatable bonds is 2. The fourth-order valence-corrected chi connectivity index (χ4v) is 2.83. The largest absolute Gasteiger partial charge is 0.333 e. The quantitative estimate of drug-likeness (QED) is 0.774. The van der Waals surface area contributed by atoms with Gasteiger partial charge in [-0.25, -0.2) is 9.37 Å². The van der Waals surface area contributed by atoms with Gasteiger partial charge in [0.25, 0.3) is 17.8 Å². The van der Waals surface area contributed by atoms with Gasteiger partial charge in [0, 0.05) is 25.2 Å². The molecule has 1 aromatic carbocycles. The molecule has 7 heteroatoms. The predicted molar refractivity (Wildman–Crippen MR) is 88.8 cm³/mol. The van der Waals surface area contributed by atoms with Crippen LogP contribution in [0, 0.1) is 0 Å². The van der Waals surface area contributed by atoms with Crippen LogP contribution in [-0.4, -0.2) is 65.2 Å². The molecule has 0 spiro atoms. The summed E-state index contributed by atoms with van der Waals surface area (Å²) < 4.78 is 1.76. The number of hydrogen-bond acceptors (Lipinski definition) is 3. The van der Waals surface area contributed by atoms with Gasteiger partial charge in [-0.3, -0.25) is 14.6 Å². The first-order valence-electron chi connectivity index (χ1n) is 7.07. The Kier molecular flexibility index (Phi) is 3.77. The topological polar surface area (TPSA) is 56.0 Å². The molecule has 0 bridgehead atoms. The molecule has 0 radical (unpaired) electrons. The minimum atomic E-state index is -0.568. The fraction of sp³-hybridized carbons (Fsp3) is 0.250.